The minimum atomic E-state index is 0.669. The maximum atomic E-state index is 4.62. The number of hydrogen-bond acceptors (Lipinski definition) is 5. The van der Waals surface area contributed by atoms with Gasteiger partial charge in [-0.15, -0.1) is 11.3 Å². The Bertz CT molecular complexity index is 748. The Labute approximate surface area is 115 Å². The van der Waals surface area contributed by atoms with E-state index in [4.69, 9.17) is 0 Å². The second-order valence-electron chi connectivity index (χ2n) is 4.39. The van der Waals surface area contributed by atoms with E-state index in [0.717, 1.165) is 27.4 Å². The molecule has 0 atom stereocenters. The highest BCUT2D eigenvalue weighted by Gasteiger charge is 2.11. The third-order valence-electron chi connectivity index (χ3n) is 2.87. The summed E-state index contributed by atoms with van der Waals surface area (Å²) in [7, 11) is 1.88. The van der Waals surface area contributed by atoms with Crippen molar-refractivity contribution in [3.63, 3.8) is 0 Å². The first-order valence-electron chi connectivity index (χ1n) is 6.07. The molecule has 96 valence electrons. The summed E-state index contributed by atoms with van der Waals surface area (Å²) in [5.74, 6) is 1.52. The van der Waals surface area contributed by atoms with Crippen LogP contribution in [0.3, 0.4) is 0 Å². The van der Waals surface area contributed by atoms with Crippen molar-refractivity contribution in [2.24, 2.45) is 0 Å². The van der Waals surface area contributed by atoms with Crippen LogP contribution in [0.15, 0.2) is 24.3 Å². The number of rotatable bonds is 2. The minimum Gasteiger partial charge on any atom is -0.372 e. The van der Waals surface area contributed by atoms with Crippen LogP contribution in [0.1, 0.15) is 10.6 Å². The van der Waals surface area contributed by atoms with Crippen LogP contribution in [0.4, 0.5) is 5.82 Å². The van der Waals surface area contributed by atoms with E-state index in [0.29, 0.717) is 5.82 Å². The van der Waals surface area contributed by atoms with Gasteiger partial charge in [-0.1, -0.05) is 6.07 Å². The lowest BCUT2D eigenvalue weighted by molar-refractivity contribution is 1.14. The number of fused-ring (bicyclic) bond motifs is 1. The Balaban J connectivity index is 2.24. The second kappa shape index (κ2) is 4.59. The van der Waals surface area contributed by atoms with Gasteiger partial charge in [0.25, 0.3) is 0 Å². The topological polar surface area (TPSA) is 50.7 Å². The number of nitrogens with zero attached hydrogens (tertiary/aromatic N) is 3. The first kappa shape index (κ1) is 12.0. The normalized spacial score (nSPS) is 10.9. The smallest absolute Gasteiger partial charge is 0.181 e. The van der Waals surface area contributed by atoms with Crippen molar-refractivity contribution in [2.75, 3.05) is 12.4 Å². The quantitative estimate of drug-likeness (QED) is 0.775. The monoisotopic (exact) mass is 270 g/mol. The SMILES string of the molecule is CNc1nc(-c2cccc(C)n2)nc2sc(C)cc12. The van der Waals surface area contributed by atoms with Gasteiger partial charge in [-0.3, -0.25) is 0 Å². The molecule has 0 fully saturated rings. The van der Waals surface area contributed by atoms with Crippen molar-refractivity contribution in [3.8, 4) is 11.5 Å². The lowest BCUT2D eigenvalue weighted by Crippen LogP contribution is -1.98. The molecule has 4 nitrogen and oxygen atoms in total. The standard InChI is InChI=1S/C14H14N4S/c1-8-5-4-6-11(16-8)13-17-12(15-3)10-7-9(2)19-14(10)18-13/h4-7H,1-3H3,(H,15,17,18). The zero-order valence-corrected chi connectivity index (χ0v) is 11.9. The van der Waals surface area contributed by atoms with Crippen molar-refractivity contribution in [2.45, 2.75) is 13.8 Å². The zero-order valence-electron chi connectivity index (χ0n) is 11.1. The summed E-state index contributed by atoms with van der Waals surface area (Å²) >= 11 is 1.68. The van der Waals surface area contributed by atoms with Gasteiger partial charge < -0.3 is 5.32 Å². The second-order valence-corrected chi connectivity index (χ2v) is 5.62. The van der Waals surface area contributed by atoms with Crippen LogP contribution in [0.5, 0.6) is 0 Å². The molecule has 3 aromatic rings. The lowest BCUT2D eigenvalue weighted by atomic mass is 10.3. The van der Waals surface area contributed by atoms with Gasteiger partial charge >= 0.3 is 0 Å². The fraction of sp³-hybridized carbons (Fsp3) is 0.214. The van der Waals surface area contributed by atoms with Gasteiger partial charge in [0.05, 0.1) is 5.39 Å². The van der Waals surface area contributed by atoms with Crippen molar-refractivity contribution < 1.29 is 0 Å². The van der Waals surface area contributed by atoms with Crippen LogP contribution in [-0.2, 0) is 0 Å². The molecule has 5 heteroatoms. The minimum absolute atomic E-state index is 0.669. The third-order valence-corrected chi connectivity index (χ3v) is 3.81. The molecule has 0 bridgehead atoms. The number of anilines is 1. The first-order valence-corrected chi connectivity index (χ1v) is 6.89. The van der Waals surface area contributed by atoms with Gasteiger partial charge in [0.1, 0.15) is 16.3 Å². The van der Waals surface area contributed by atoms with Crippen molar-refractivity contribution in [1.82, 2.24) is 15.0 Å². The molecule has 3 aromatic heterocycles. The molecule has 3 rings (SSSR count). The Kier molecular flexibility index (Phi) is 2.91. The molecule has 19 heavy (non-hydrogen) atoms. The molecular weight excluding hydrogens is 256 g/mol. The summed E-state index contributed by atoms with van der Waals surface area (Å²) in [6, 6.07) is 7.99. The molecular formula is C14H14N4S. The molecule has 0 aliphatic heterocycles. The fourth-order valence-electron chi connectivity index (χ4n) is 2.01. The Morgan fingerprint density at radius 2 is 1.95 bits per heavy atom. The summed E-state index contributed by atoms with van der Waals surface area (Å²) in [4.78, 5) is 15.9. The van der Waals surface area contributed by atoms with E-state index in [-0.39, 0.29) is 0 Å². The average Bonchev–Trinajstić information content (AvgIpc) is 2.77. The van der Waals surface area contributed by atoms with Gasteiger partial charge in [-0.05, 0) is 32.0 Å². The number of pyridine rings is 1. The van der Waals surface area contributed by atoms with Crippen LogP contribution in [0.2, 0.25) is 0 Å². The number of aromatic nitrogens is 3. The maximum Gasteiger partial charge on any atom is 0.181 e. The molecule has 1 N–H and O–H groups in total. The molecule has 0 spiro atoms. The predicted octanol–water partition coefficient (Wildman–Crippen LogP) is 3.41. The Morgan fingerprint density at radius 1 is 1.11 bits per heavy atom. The van der Waals surface area contributed by atoms with E-state index in [2.05, 4.69) is 33.3 Å². The lowest BCUT2D eigenvalue weighted by Gasteiger charge is -2.05. The van der Waals surface area contributed by atoms with Crippen LogP contribution < -0.4 is 5.32 Å². The molecule has 0 unspecified atom stereocenters. The first-order chi connectivity index (χ1) is 9.17. The van der Waals surface area contributed by atoms with Gasteiger partial charge in [0.2, 0.25) is 0 Å². The molecule has 0 aliphatic rings. The van der Waals surface area contributed by atoms with E-state index >= 15 is 0 Å². The highest BCUT2D eigenvalue weighted by Crippen LogP contribution is 2.30. The number of nitrogens with one attached hydrogen (secondary N) is 1. The summed E-state index contributed by atoms with van der Waals surface area (Å²) in [6.45, 7) is 4.05. The van der Waals surface area contributed by atoms with Crippen LogP contribution >= 0.6 is 11.3 Å². The van der Waals surface area contributed by atoms with Crippen LogP contribution in [0, 0.1) is 13.8 Å². The van der Waals surface area contributed by atoms with Crippen molar-refractivity contribution >= 4 is 27.4 Å². The van der Waals surface area contributed by atoms with Gasteiger partial charge in [-0.25, -0.2) is 15.0 Å². The van der Waals surface area contributed by atoms with Crippen molar-refractivity contribution in [1.29, 1.82) is 0 Å². The van der Waals surface area contributed by atoms with E-state index in [1.54, 1.807) is 11.3 Å². The summed E-state index contributed by atoms with van der Waals surface area (Å²) in [5, 5.41) is 4.21. The third kappa shape index (κ3) is 2.17. The van der Waals surface area contributed by atoms with Gasteiger partial charge in [-0.2, -0.15) is 0 Å². The Hall–Kier alpha value is -2.01. The summed E-state index contributed by atoms with van der Waals surface area (Å²) in [5.41, 5.74) is 1.78. The number of hydrogen-bond donors (Lipinski definition) is 1. The van der Waals surface area contributed by atoms with E-state index in [1.807, 2.05) is 32.2 Å². The van der Waals surface area contributed by atoms with Gasteiger partial charge in [0, 0.05) is 17.6 Å². The molecule has 0 amide bonds. The zero-order chi connectivity index (χ0) is 13.4. The highest BCUT2D eigenvalue weighted by molar-refractivity contribution is 7.18. The molecule has 0 saturated carbocycles. The Morgan fingerprint density at radius 3 is 2.68 bits per heavy atom. The largest absolute Gasteiger partial charge is 0.372 e. The van der Waals surface area contributed by atoms with Crippen LogP contribution in [-0.4, -0.2) is 22.0 Å². The van der Waals surface area contributed by atoms with Gasteiger partial charge in [0.15, 0.2) is 5.82 Å². The average molecular weight is 270 g/mol. The van der Waals surface area contributed by atoms with E-state index < -0.39 is 0 Å². The number of thiophene rings is 1. The molecule has 0 radical (unpaired) electrons. The predicted molar refractivity (Wildman–Crippen MR) is 79.7 cm³/mol. The van der Waals surface area contributed by atoms with Crippen LogP contribution in [0.25, 0.3) is 21.7 Å². The molecule has 3 heterocycles. The van der Waals surface area contributed by atoms with E-state index in [9.17, 15) is 0 Å². The number of aryl methyl sites for hydroxylation is 2. The highest BCUT2D eigenvalue weighted by atomic mass is 32.1. The fourth-order valence-corrected chi connectivity index (χ4v) is 2.89. The van der Waals surface area contributed by atoms with Crippen molar-refractivity contribution in [3.05, 3.63) is 34.8 Å². The summed E-state index contributed by atoms with van der Waals surface area (Å²) in [6.07, 6.45) is 0. The van der Waals surface area contributed by atoms with E-state index in [1.165, 1.54) is 4.88 Å². The molecule has 0 saturated heterocycles. The maximum absolute atomic E-state index is 4.62. The molecule has 0 aliphatic carbocycles. The molecule has 0 aromatic carbocycles. The summed E-state index contributed by atoms with van der Waals surface area (Å²) < 4.78 is 0.